The highest BCUT2D eigenvalue weighted by atomic mass is 32.1. The molecule has 1 aromatic rings. The number of carbonyl (C=O) groups excluding carboxylic acids is 1. The van der Waals surface area contributed by atoms with Crippen molar-refractivity contribution >= 4 is 23.1 Å². The van der Waals surface area contributed by atoms with E-state index < -0.39 is 0 Å². The number of nitrogens with one attached hydrogen (secondary N) is 1. The Hall–Kier alpha value is -1.42. The predicted octanol–water partition coefficient (Wildman–Crippen LogP) is 2.49. The summed E-state index contributed by atoms with van der Waals surface area (Å²) in [5.41, 5.74) is 6.87. The minimum atomic E-state index is -0.0753. The lowest BCUT2D eigenvalue weighted by atomic mass is 10.0. The molecule has 0 aliphatic heterocycles. The maximum absolute atomic E-state index is 12.1. The third-order valence-electron chi connectivity index (χ3n) is 2.97. The molecule has 0 aliphatic carbocycles. The molecule has 4 heteroatoms. The molecule has 0 heterocycles. The van der Waals surface area contributed by atoms with Crippen molar-refractivity contribution in [3.63, 3.8) is 0 Å². The van der Waals surface area contributed by atoms with Crippen molar-refractivity contribution < 1.29 is 4.79 Å². The fourth-order valence-electron chi connectivity index (χ4n) is 1.81. The Labute approximate surface area is 114 Å². The van der Waals surface area contributed by atoms with Gasteiger partial charge in [-0.15, -0.1) is 0 Å². The highest BCUT2D eigenvalue weighted by molar-refractivity contribution is 7.80. The summed E-state index contributed by atoms with van der Waals surface area (Å²) in [4.78, 5) is 12.4. The quantitative estimate of drug-likeness (QED) is 0.803. The molecule has 1 atom stereocenters. The Morgan fingerprint density at radius 2 is 2.00 bits per heavy atom. The van der Waals surface area contributed by atoms with E-state index in [0.717, 1.165) is 12.0 Å². The largest absolute Gasteiger partial charge is 0.389 e. The van der Waals surface area contributed by atoms with E-state index in [1.54, 1.807) is 24.3 Å². The second kappa shape index (κ2) is 6.50. The lowest BCUT2D eigenvalue weighted by Gasteiger charge is -2.20. The summed E-state index contributed by atoms with van der Waals surface area (Å²) < 4.78 is 0. The summed E-state index contributed by atoms with van der Waals surface area (Å²) in [6.07, 6.45) is 0.915. The van der Waals surface area contributed by atoms with Gasteiger partial charge in [-0.3, -0.25) is 4.79 Å². The van der Waals surface area contributed by atoms with Crippen LogP contribution in [-0.2, 0) is 0 Å². The summed E-state index contributed by atoms with van der Waals surface area (Å²) in [6.45, 7) is 6.26. The van der Waals surface area contributed by atoms with Crippen molar-refractivity contribution in [1.82, 2.24) is 5.32 Å². The molecule has 0 spiro atoms. The average Bonchev–Trinajstić information content (AvgIpc) is 2.35. The van der Waals surface area contributed by atoms with Crippen LogP contribution < -0.4 is 11.1 Å². The van der Waals surface area contributed by atoms with Gasteiger partial charge in [0, 0.05) is 17.2 Å². The molecule has 0 fully saturated rings. The van der Waals surface area contributed by atoms with Crippen LogP contribution in [0.3, 0.4) is 0 Å². The molecule has 3 N–H and O–H groups in total. The molecule has 1 unspecified atom stereocenters. The number of rotatable bonds is 5. The number of nitrogens with two attached hydrogens (primary N) is 1. The zero-order valence-corrected chi connectivity index (χ0v) is 11.9. The first-order valence-electron chi connectivity index (χ1n) is 6.16. The normalized spacial score (nSPS) is 12.2. The third kappa shape index (κ3) is 3.81. The van der Waals surface area contributed by atoms with Gasteiger partial charge >= 0.3 is 0 Å². The van der Waals surface area contributed by atoms with E-state index in [2.05, 4.69) is 26.1 Å². The Bertz CT molecular complexity index is 443. The maximum Gasteiger partial charge on any atom is 0.251 e. The van der Waals surface area contributed by atoms with Gasteiger partial charge < -0.3 is 11.1 Å². The van der Waals surface area contributed by atoms with Crippen molar-refractivity contribution in [2.24, 2.45) is 11.7 Å². The summed E-state index contributed by atoms with van der Waals surface area (Å²) in [7, 11) is 0. The van der Waals surface area contributed by atoms with Gasteiger partial charge in [-0.2, -0.15) is 0 Å². The second-order valence-corrected chi connectivity index (χ2v) is 5.12. The molecule has 0 saturated heterocycles. The van der Waals surface area contributed by atoms with Gasteiger partial charge in [-0.1, -0.05) is 45.1 Å². The highest BCUT2D eigenvalue weighted by Gasteiger charge is 2.15. The molecule has 0 saturated carbocycles. The van der Waals surface area contributed by atoms with E-state index in [4.69, 9.17) is 18.0 Å². The van der Waals surface area contributed by atoms with Gasteiger partial charge in [0.2, 0.25) is 0 Å². The van der Waals surface area contributed by atoms with Crippen LogP contribution in [-0.4, -0.2) is 16.9 Å². The van der Waals surface area contributed by atoms with Gasteiger partial charge in [0.1, 0.15) is 4.99 Å². The lowest BCUT2D eigenvalue weighted by molar-refractivity contribution is 0.0924. The van der Waals surface area contributed by atoms with Crippen LogP contribution in [0.4, 0.5) is 0 Å². The summed E-state index contributed by atoms with van der Waals surface area (Å²) >= 11 is 4.91. The zero-order chi connectivity index (χ0) is 13.7. The van der Waals surface area contributed by atoms with E-state index in [1.807, 2.05) is 0 Å². The van der Waals surface area contributed by atoms with Crippen LogP contribution in [0, 0.1) is 5.92 Å². The number of carbonyl (C=O) groups is 1. The van der Waals surface area contributed by atoms with Crippen molar-refractivity contribution in [1.29, 1.82) is 0 Å². The molecular weight excluding hydrogens is 244 g/mol. The Morgan fingerprint density at radius 3 is 2.50 bits per heavy atom. The van der Waals surface area contributed by atoms with Gasteiger partial charge in [0.15, 0.2) is 0 Å². The minimum Gasteiger partial charge on any atom is -0.389 e. The SMILES string of the molecule is CCC(NC(=O)c1cccc(C(N)=S)c1)C(C)C. The molecular formula is C14H20N2OS. The van der Waals surface area contributed by atoms with E-state index in [1.165, 1.54) is 0 Å². The second-order valence-electron chi connectivity index (χ2n) is 4.68. The number of amides is 1. The summed E-state index contributed by atoms with van der Waals surface area (Å²) in [5.74, 6) is 0.339. The maximum atomic E-state index is 12.1. The summed E-state index contributed by atoms with van der Waals surface area (Å²) in [5, 5.41) is 3.03. The number of benzene rings is 1. The van der Waals surface area contributed by atoms with E-state index >= 15 is 0 Å². The van der Waals surface area contributed by atoms with Crippen LogP contribution in [0.15, 0.2) is 24.3 Å². The topological polar surface area (TPSA) is 55.1 Å². The monoisotopic (exact) mass is 264 g/mol. The first-order chi connectivity index (χ1) is 8.45. The van der Waals surface area contributed by atoms with Crippen molar-refractivity contribution in [2.45, 2.75) is 33.2 Å². The number of hydrogen-bond acceptors (Lipinski definition) is 2. The zero-order valence-electron chi connectivity index (χ0n) is 11.1. The fraction of sp³-hybridized carbons (Fsp3) is 0.429. The van der Waals surface area contributed by atoms with Crippen molar-refractivity contribution in [3.8, 4) is 0 Å². The van der Waals surface area contributed by atoms with Crippen molar-refractivity contribution in [3.05, 3.63) is 35.4 Å². The van der Waals surface area contributed by atoms with E-state index in [-0.39, 0.29) is 11.9 Å². The molecule has 98 valence electrons. The van der Waals surface area contributed by atoms with E-state index in [0.29, 0.717) is 16.5 Å². The third-order valence-corrected chi connectivity index (χ3v) is 3.21. The first-order valence-corrected chi connectivity index (χ1v) is 6.57. The average molecular weight is 264 g/mol. The van der Waals surface area contributed by atoms with Crippen LogP contribution in [0.2, 0.25) is 0 Å². The Morgan fingerprint density at radius 1 is 1.39 bits per heavy atom. The molecule has 18 heavy (non-hydrogen) atoms. The smallest absolute Gasteiger partial charge is 0.251 e. The first kappa shape index (κ1) is 14.6. The van der Waals surface area contributed by atoms with Gasteiger partial charge in [-0.25, -0.2) is 0 Å². The number of thiocarbonyl (C=S) groups is 1. The highest BCUT2D eigenvalue weighted by Crippen LogP contribution is 2.09. The standard InChI is InChI=1S/C14H20N2OS/c1-4-12(9(2)3)16-14(17)11-7-5-6-10(8-11)13(15)18/h5-9,12H,4H2,1-3H3,(H2,15,18)(H,16,17). The van der Waals surface area contributed by atoms with Gasteiger partial charge in [0.05, 0.1) is 0 Å². The van der Waals surface area contributed by atoms with E-state index in [9.17, 15) is 4.79 Å². The van der Waals surface area contributed by atoms with Gasteiger partial charge in [0.25, 0.3) is 5.91 Å². The van der Waals surface area contributed by atoms with Crippen LogP contribution in [0.25, 0.3) is 0 Å². The molecule has 0 aliphatic rings. The molecule has 3 nitrogen and oxygen atoms in total. The molecule has 1 amide bonds. The van der Waals surface area contributed by atoms with Crippen LogP contribution in [0.5, 0.6) is 0 Å². The Kier molecular flexibility index (Phi) is 5.28. The predicted molar refractivity (Wildman–Crippen MR) is 78.7 cm³/mol. The molecule has 0 bridgehead atoms. The van der Waals surface area contributed by atoms with Gasteiger partial charge in [-0.05, 0) is 24.5 Å². The fourth-order valence-corrected chi connectivity index (χ4v) is 1.93. The molecule has 0 aromatic heterocycles. The van der Waals surface area contributed by atoms with Crippen LogP contribution >= 0.6 is 12.2 Å². The molecule has 0 radical (unpaired) electrons. The Balaban J connectivity index is 2.84. The summed E-state index contributed by atoms with van der Waals surface area (Å²) in [6, 6.07) is 7.28. The van der Waals surface area contributed by atoms with Crippen LogP contribution in [0.1, 0.15) is 43.1 Å². The molecule has 1 rings (SSSR count). The van der Waals surface area contributed by atoms with Crippen molar-refractivity contribution in [2.75, 3.05) is 0 Å². The molecule has 1 aromatic carbocycles. The number of hydrogen-bond donors (Lipinski definition) is 2. The lowest BCUT2D eigenvalue weighted by Crippen LogP contribution is -2.38. The minimum absolute atomic E-state index is 0.0753.